The minimum atomic E-state index is -0.227. The first kappa shape index (κ1) is 14.3. The van der Waals surface area contributed by atoms with Crippen molar-refractivity contribution in [2.45, 2.75) is 51.4 Å². The minimum Gasteiger partial charge on any atom is -0.251 e. The van der Waals surface area contributed by atoms with Crippen molar-refractivity contribution in [3.8, 4) is 0 Å². The van der Waals surface area contributed by atoms with Crippen LogP contribution in [0, 0.1) is 5.92 Å². The highest BCUT2D eigenvalue weighted by molar-refractivity contribution is 5.25. The third-order valence-corrected chi connectivity index (χ3v) is 4.32. The Kier molecular flexibility index (Phi) is 5.62. The Labute approximate surface area is 116 Å². The summed E-state index contributed by atoms with van der Waals surface area (Å²) in [7, 11) is 0. The maximum Gasteiger partial charge on any atom is 0.0928 e. The Bertz CT molecular complexity index is 383. The van der Waals surface area contributed by atoms with E-state index in [-0.39, 0.29) is 6.67 Å². The molecule has 1 heteroatoms. The molecule has 1 saturated carbocycles. The van der Waals surface area contributed by atoms with Gasteiger partial charge in [-0.05, 0) is 61.5 Å². The molecule has 0 nitrogen and oxygen atoms in total. The number of alkyl halides is 1. The van der Waals surface area contributed by atoms with Gasteiger partial charge in [0.05, 0.1) is 6.67 Å². The van der Waals surface area contributed by atoms with Crippen LogP contribution < -0.4 is 0 Å². The maximum absolute atomic E-state index is 12.0. The molecule has 0 unspecified atom stereocenters. The summed E-state index contributed by atoms with van der Waals surface area (Å²) in [5.41, 5.74) is 2.93. The smallest absolute Gasteiger partial charge is 0.0928 e. The van der Waals surface area contributed by atoms with Crippen LogP contribution in [-0.2, 0) is 6.42 Å². The molecule has 1 fully saturated rings. The second kappa shape index (κ2) is 7.47. The van der Waals surface area contributed by atoms with Gasteiger partial charge in [-0.3, -0.25) is 4.39 Å². The Morgan fingerprint density at radius 3 is 2.37 bits per heavy atom. The average molecular weight is 260 g/mol. The fourth-order valence-electron chi connectivity index (χ4n) is 3.02. The van der Waals surface area contributed by atoms with Crippen LogP contribution in [0.2, 0.25) is 0 Å². The van der Waals surface area contributed by atoms with Gasteiger partial charge in [0, 0.05) is 0 Å². The molecule has 0 atom stereocenters. The molecular weight excluding hydrogens is 235 g/mol. The van der Waals surface area contributed by atoms with E-state index in [2.05, 4.69) is 37.3 Å². The number of hydrogen-bond donors (Lipinski definition) is 0. The van der Waals surface area contributed by atoms with E-state index >= 15 is 0 Å². The molecule has 0 N–H and O–H groups in total. The quantitative estimate of drug-likeness (QED) is 0.618. The second-order valence-electron chi connectivity index (χ2n) is 5.61. The molecule has 1 aromatic rings. The molecule has 1 aliphatic carbocycles. The van der Waals surface area contributed by atoms with E-state index in [1.807, 2.05) is 6.08 Å². The van der Waals surface area contributed by atoms with Crippen molar-refractivity contribution in [3.05, 3.63) is 47.5 Å². The highest BCUT2D eigenvalue weighted by Crippen LogP contribution is 2.36. The van der Waals surface area contributed by atoms with Crippen molar-refractivity contribution in [2.24, 2.45) is 5.92 Å². The molecule has 0 heterocycles. The number of hydrogen-bond acceptors (Lipinski definition) is 0. The van der Waals surface area contributed by atoms with Crippen LogP contribution in [0.5, 0.6) is 0 Å². The molecule has 0 radical (unpaired) electrons. The summed E-state index contributed by atoms with van der Waals surface area (Å²) in [5.74, 6) is 1.41. The lowest BCUT2D eigenvalue weighted by Crippen LogP contribution is -2.11. The van der Waals surface area contributed by atoms with Crippen LogP contribution in [-0.4, -0.2) is 6.67 Å². The number of rotatable bonds is 5. The highest BCUT2D eigenvalue weighted by atomic mass is 19.1. The molecule has 0 saturated heterocycles. The van der Waals surface area contributed by atoms with Crippen LogP contribution in [0.15, 0.2) is 36.4 Å². The van der Waals surface area contributed by atoms with Gasteiger partial charge in [-0.2, -0.15) is 0 Å². The van der Waals surface area contributed by atoms with E-state index in [4.69, 9.17) is 0 Å². The van der Waals surface area contributed by atoms with Gasteiger partial charge in [0.1, 0.15) is 0 Å². The summed E-state index contributed by atoms with van der Waals surface area (Å²) in [6.07, 6.45) is 11.0. The highest BCUT2D eigenvalue weighted by Gasteiger charge is 2.20. The van der Waals surface area contributed by atoms with Crippen LogP contribution in [0.3, 0.4) is 0 Å². The first-order valence-electron chi connectivity index (χ1n) is 7.65. The molecule has 1 aromatic carbocycles. The van der Waals surface area contributed by atoms with Crippen LogP contribution in [0.4, 0.5) is 4.39 Å². The normalized spacial score (nSPS) is 23.9. The van der Waals surface area contributed by atoms with Crippen LogP contribution >= 0.6 is 0 Å². The average Bonchev–Trinajstić information content (AvgIpc) is 2.48. The Morgan fingerprint density at radius 1 is 1.11 bits per heavy atom. The van der Waals surface area contributed by atoms with Gasteiger partial charge in [-0.15, -0.1) is 0 Å². The molecule has 1 aliphatic rings. The van der Waals surface area contributed by atoms with Crippen molar-refractivity contribution in [1.29, 1.82) is 0 Å². The zero-order chi connectivity index (χ0) is 13.5. The Morgan fingerprint density at radius 2 is 1.79 bits per heavy atom. The van der Waals surface area contributed by atoms with Crippen molar-refractivity contribution in [2.75, 3.05) is 6.67 Å². The molecule has 2 rings (SSSR count). The summed E-state index contributed by atoms with van der Waals surface area (Å²) in [6, 6.07) is 9.15. The van der Waals surface area contributed by atoms with Crippen LogP contribution in [0.25, 0.3) is 0 Å². The zero-order valence-corrected chi connectivity index (χ0v) is 11.9. The topological polar surface area (TPSA) is 0 Å². The summed E-state index contributed by atoms with van der Waals surface area (Å²) in [5, 5.41) is 0. The van der Waals surface area contributed by atoms with Gasteiger partial charge in [0.25, 0.3) is 0 Å². The molecule has 0 aliphatic heterocycles. The third-order valence-electron chi connectivity index (χ3n) is 4.32. The first-order chi connectivity index (χ1) is 9.33. The third kappa shape index (κ3) is 4.19. The summed E-state index contributed by atoms with van der Waals surface area (Å²) < 4.78 is 12.0. The molecule has 0 amide bonds. The SMILES string of the molecule is CCc1ccc([C@H]2CC[C@H](C=CCCF)CC2)cc1. The predicted octanol–water partition coefficient (Wildman–Crippen LogP) is 5.44. The van der Waals surface area contributed by atoms with Crippen molar-refractivity contribution < 1.29 is 4.39 Å². The monoisotopic (exact) mass is 260 g/mol. The number of allylic oxidation sites excluding steroid dienone is 2. The lowest BCUT2D eigenvalue weighted by atomic mass is 9.78. The van der Waals surface area contributed by atoms with Gasteiger partial charge in [0.15, 0.2) is 0 Å². The standard InChI is InChI=1S/C18H25F/c1-2-15-6-10-17(11-7-15)18-12-8-16(9-13-18)5-3-4-14-19/h3,5-7,10-11,16,18H,2,4,8-9,12-14H2,1H3/t16-,18-. The largest absolute Gasteiger partial charge is 0.251 e. The fourth-order valence-corrected chi connectivity index (χ4v) is 3.02. The summed E-state index contributed by atoms with van der Waals surface area (Å²) in [6.45, 7) is 1.97. The molecular formula is C18H25F. The molecule has 0 aromatic heterocycles. The van der Waals surface area contributed by atoms with Crippen molar-refractivity contribution in [1.82, 2.24) is 0 Å². The minimum absolute atomic E-state index is 0.227. The van der Waals surface area contributed by atoms with E-state index in [9.17, 15) is 4.39 Å². The van der Waals surface area contributed by atoms with E-state index in [0.29, 0.717) is 12.3 Å². The number of benzene rings is 1. The van der Waals surface area contributed by atoms with Gasteiger partial charge in [-0.1, -0.05) is 43.3 Å². The number of aryl methyl sites for hydroxylation is 1. The van der Waals surface area contributed by atoms with Crippen molar-refractivity contribution in [3.63, 3.8) is 0 Å². The molecule has 104 valence electrons. The lowest BCUT2D eigenvalue weighted by molar-refractivity contribution is 0.375. The van der Waals surface area contributed by atoms with Gasteiger partial charge in [-0.25, -0.2) is 0 Å². The molecule has 19 heavy (non-hydrogen) atoms. The van der Waals surface area contributed by atoms with Crippen molar-refractivity contribution >= 4 is 0 Å². The van der Waals surface area contributed by atoms with E-state index in [0.717, 1.165) is 12.3 Å². The Hall–Kier alpha value is -1.11. The summed E-state index contributed by atoms with van der Waals surface area (Å²) >= 11 is 0. The molecule has 0 spiro atoms. The van der Waals surface area contributed by atoms with Gasteiger partial charge < -0.3 is 0 Å². The van der Waals surface area contributed by atoms with Crippen LogP contribution in [0.1, 0.15) is 56.1 Å². The van der Waals surface area contributed by atoms with E-state index < -0.39 is 0 Å². The fraction of sp³-hybridized carbons (Fsp3) is 0.556. The predicted molar refractivity (Wildman–Crippen MR) is 80.3 cm³/mol. The summed E-state index contributed by atoms with van der Waals surface area (Å²) in [4.78, 5) is 0. The van der Waals surface area contributed by atoms with Gasteiger partial charge >= 0.3 is 0 Å². The first-order valence-corrected chi connectivity index (χ1v) is 7.65. The lowest BCUT2D eigenvalue weighted by Gasteiger charge is -2.27. The number of halogens is 1. The van der Waals surface area contributed by atoms with E-state index in [1.165, 1.54) is 36.8 Å². The maximum atomic E-state index is 12.0. The second-order valence-corrected chi connectivity index (χ2v) is 5.61. The molecule has 0 bridgehead atoms. The van der Waals surface area contributed by atoms with Gasteiger partial charge in [0.2, 0.25) is 0 Å². The van der Waals surface area contributed by atoms with E-state index in [1.54, 1.807) is 0 Å². The zero-order valence-electron chi connectivity index (χ0n) is 11.9. The Balaban J connectivity index is 1.85.